The van der Waals surface area contributed by atoms with Crippen molar-refractivity contribution in [3.05, 3.63) is 95.6 Å². The second-order valence-electron chi connectivity index (χ2n) is 11.7. The van der Waals surface area contributed by atoms with Gasteiger partial charge in [-0.05, 0) is 56.4 Å². The lowest BCUT2D eigenvalue weighted by Crippen LogP contribution is -2.16. The van der Waals surface area contributed by atoms with Crippen molar-refractivity contribution in [3.63, 3.8) is 0 Å². The quantitative estimate of drug-likeness (QED) is 0.208. The van der Waals surface area contributed by atoms with Crippen LogP contribution in [-0.4, -0.2) is 40.7 Å². The lowest BCUT2D eigenvalue weighted by Gasteiger charge is -2.16. The van der Waals surface area contributed by atoms with Gasteiger partial charge in [-0.1, -0.05) is 75.6 Å². The molecule has 1 aliphatic rings. The Labute approximate surface area is 253 Å². The van der Waals surface area contributed by atoms with Gasteiger partial charge in [-0.2, -0.15) is 10.2 Å². The van der Waals surface area contributed by atoms with Crippen LogP contribution in [0.4, 0.5) is 0 Å². The van der Waals surface area contributed by atoms with Crippen LogP contribution in [0.15, 0.2) is 73.1 Å². The topological polar surface area (TPSA) is 106 Å². The Morgan fingerprint density at radius 2 is 1.70 bits per heavy atom. The molecule has 2 aromatic carbocycles. The molecule has 0 radical (unpaired) electrons. The predicted molar refractivity (Wildman–Crippen MR) is 169 cm³/mol. The van der Waals surface area contributed by atoms with Crippen LogP contribution in [0.3, 0.4) is 0 Å². The van der Waals surface area contributed by atoms with Gasteiger partial charge >= 0.3 is 5.97 Å². The molecule has 43 heavy (non-hydrogen) atoms. The first-order valence-electron chi connectivity index (χ1n) is 15.2. The summed E-state index contributed by atoms with van der Waals surface area (Å²) in [5.74, 6) is -0.334. The molecule has 0 aliphatic heterocycles. The number of aliphatic carboxylic acids is 1. The predicted octanol–water partition coefficient (Wildman–Crippen LogP) is 7.41. The van der Waals surface area contributed by atoms with Crippen molar-refractivity contribution in [2.75, 3.05) is 0 Å². The standard InChI is InChI=1S/C28H29N5O.C7H12O2/c1-18(2)27-20(4)33(25-14-9-15-29-19(25)3)31-28(27)22-12-8-13-24-23(22)16-32(30-24)17-26(34)21-10-6-5-7-11-21;8-7(9)6-4-2-1-3-5-6/h5-16,18,26,34H,17H2,1-4H3;6H,1-5H2,(H,8,9). The average Bonchev–Trinajstić information content (AvgIpc) is 3.58. The molecule has 0 bridgehead atoms. The molecule has 5 aromatic rings. The Balaban J connectivity index is 0.000000351. The third-order valence-electron chi connectivity index (χ3n) is 8.30. The molecule has 3 aromatic heterocycles. The lowest BCUT2D eigenvalue weighted by molar-refractivity contribution is -0.142. The maximum Gasteiger partial charge on any atom is 0.306 e. The summed E-state index contributed by atoms with van der Waals surface area (Å²) in [6.45, 7) is 8.92. The molecule has 6 rings (SSSR count). The molecule has 1 saturated carbocycles. The number of nitrogens with zero attached hydrogens (tertiary/aromatic N) is 5. The molecule has 8 nitrogen and oxygen atoms in total. The maximum absolute atomic E-state index is 10.7. The summed E-state index contributed by atoms with van der Waals surface area (Å²) < 4.78 is 3.84. The van der Waals surface area contributed by atoms with Crippen molar-refractivity contribution in [2.45, 2.75) is 78.4 Å². The number of rotatable bonds is 7. The number of aryl methyl sites for hydroxylation is 1. The van der Waals surface area contributed by atoms with E-state index in [1.54, 1.807) is 6.20 Å². The van der Waals surface area contributed by atoms with E-state index < -0.39 is 12.1 Å². The van der Waals surface area contributed by atoms with Crippen LogP contribution in [-0.2, 0) is 11.3 Å². The third kappa shape index (κ3) is 6.70. The number of aliphatic hydroxyl groups is 1. The van der Waals surface area contributed by atoms with E-state index in [1.165, 1.54) is 12.0 Å². The van der Waals surface area contributed by atoms with Gasteiger partial charge in [-0.15, -0.1) is 0 Å². The smallest absolute Gasteiger partial charge is 0.306 e. The molecule has 1 fully saturated rings. The fraction of sp³-hybridized carbons (Fsp3) is 0.371. The summed E-state index contributed by atoms with van der Waals surface area (Å²) in [5.41, 5.74) is 8.04. The first-order chi connectivity index (χ1) is 20.7. The summed E-state index contributed by atoms with van der Waals surface area (Å²) in [7, 11) is 0. The van der Waals surface area contributed by atoms with Crippen molar-refractivity contribution >= 4 is 16.9 Å². The van der Waals surface area contributed by atoms with Gasteiger partial charge in [0, 0.05) is 34.6 Å². The van der Waals surface area contributed by atoms with Gasteiger partial charge in [-0.25, -0.2) is 4.68 Å². The zero-order chi connectivity index (χ0) is 30.5. The highest BCUT2D eigenvalue weighted by molar-refractivity contribution is 5.94. The highest BCUT2D eigenvalue weighted by Gasteiger charge is 2.23. The van der Waals surface area contributed by atoms with Gasteiger partial charge in [0.15, 0.2) is 0 Å². The minimum atomic E-state index is -0.625. The van der Waals surface area contributed by atoms with Gasteiger partial charge in [0.2, 0.25) is 0 Å². The van der Waals surface area contributed by atoms with E-state index in [2.05, 4.69) is 37.9 Å². The zero-order valence-electron chi connectivity index (χ0n) is 25.4. The Kier molecular flexibility index (Phi) is 9.36. The van der Waals surface area contributed by atoms with E-state index in [0.717, 1.165) is 70.5 Å². The molecule has 3 heterocycles. The Morgan fingerprint density at radius 3 is 2.35 bits per heavy atom. The van der Waals surface area contributed by atoms with Gasteiger partial charge < -0.3 is 10.2 Å². The van der Waals surface area contributed by atoms with E-state index in [0.29, 0.717) is 12.5 Å². The molecule has 0 amide bonds. The highest BCUT2D eigenvalue weighted by atomic mass is 16.4. The molecule has 2 N–H and O–H groups in total. The van der Waals surface area contributed by atoms with Gasteiger partial charge in [0.25, 0.3) is 0 Å². The first kappa shape index (κ1) is 30.2. The van der Waals surface area contributed by atoms with Crippen LogP contribution < -0.4 is 0 Å². The van der Waals surface area contributed by atoms with Gasteiger partial charge in [-0.3, -0.25) is 14.5 Å². The van der Waals surface area contributed by atoms with E-state index in [9.17, 15) is 9.90 Å². The Bertz CT molecular complexity index is 1680. The first-order valence-corrected chi connectivity index (χ1v) is 15.2. The van der Waals surface area contributed by atoms with Crippen LogP contribution in [0.2, 0.25) is 0 Å². The number of pyridine rings is 1. The summed E-state index contributed by atoms with van der Waals surface area (Å²) in [6, 6.07) is 19.8. The monoisotopic (exact) mass is 579 g/mol. The van der Waals surface area contributed by atoms with Gasteiger partial charge in [0.05, 0.1) is 41.2 Å². The van der Waals surface area contributed by atoms with Crippen molar-refractivity contribution in [1.82, 2.24) is 24.5 Å². The number of carboxylic acid groups (broad SMARTS) is 1. The maximum atomic E-state index is 10.7. The molecule has 1 atom stereocenters. The van der Waals surface area contributed by atoms with Gasteiger partial charge in [0.1, 0.15) is 0 Å². The molecule has 1 unspecified atom stereocenters. The normalized spacial score (nSPS) is 14.5. The van der Waals surface area contributed by atoms with Crippen LogP contribution in [0, 0.1) is 19.8 Å². The van der Waals surface area contributed by atoms with Crippen LogP contribution in [0.1, 0.15) is 80.5 Å². The van der Waals surface area contributed by atoms with E-state index in [4.69, 9.17) is 15.3 Å². The van der Waals surface area contributed by atoms with E-state index >= 15 is 0 Å². The van der Waals surface area contributed by atoms with Crippen LogP contribution in [0.5, 0.6) is 0 Å². The van der Waals surface area contributed by atoms with E-state index in [1.807, 2.05) is 71.0 Å². The number of benzene rings is 2. The number of aromatic nitrogens is 5. The van der Waals surface area contributed by atoms with Crippen LogP contribution in [0.25, 0.3) is 27.8 Å². The fourth-order valence-corrected chi connectivity index (χ4v) is 6.04. The molecule has 1 aliphatic carbocycles. The Hall–Kier alpha value is -4.30. The van der Waals surface area contributed by atoms with Crippen molar-refractivity contribution in [2.24, 2.45) is 5.92 Å². The minimum absolute atomic E-state index is 0.0289. The molecular weight excluding hydrogens is 538 g/mol. The summed E-state index contributed by atoms with van der Waals surface area (Å²) in [4.78, 5) is 14.8. The number of hydrogen-bond donors (Lipinski definition) is 2. The largest absolute Gasteiger partial charge is 0.481 e. The second kappa shape index (κ2) is 13.3. The van der Waals surface area contributed by atoms with Crippen molar-refractivity contribution in [3.8, 4) is 16.9 Å². The minimum Gasteiger partial charge on any atom is -0.481 e. The van der Waals surface area contributed by atoms with Crippen molar-refractivity contribution < 1.29 is 15.0 Å². The zero-order valence-corrected chi connectivity index (χ0v) is 25.4. The number of carboxylic acids is 1. The fourth-order valence-electron chi connectivity index (χ4n) is 6.04. The molecular formula is C35H41N5O3. The van der Waals surface area contributed by atoms with Crippen molar-refractivity contribution in [1.29, 1.82) is 0 Å². The molecule has 8 heteroatoms. The molecule has 0 spiro atoms. The summed E-state index contributed by atoms with van der Waals surface area (Å²) in [6.07, 6.45) is 8.44. The average molecular weight is 580 g/mol. The molecule has 224 valence electrons. The summed E-state index contributed by atoms with van der Waals surface area (Å²) >= 11 is 0. The van der Waals surface area contributed by atoms with E-state index in [-0.39, 0.29) is 5.92 Å². The molecule has 0 saturated heterocycles. The third-order valence-corrected chi connectivity index (χ3v) is 8.30. The number of fused-ring (bicyclic) bond motifs is 1. The lowest BCUT2D eigenvalue weighted by atomic mass is 9.90. The Morgan fingerprint density at radius 1 is 0.953 bits per heavy atom. The summed E-state index contributed by atoms with van der Waals surface area (Å²) in [5, 5.41) is 30.1. The number of carbonyl (C=O) groups is 1. The van der Waals surface area contributed by atoms with Crippen LogP contribution >= 0.6 is 0 Å². The number of hydrogen-bond acceptors (Lipinski definition) is 5. The SMILES string of the molecule is Cc1ncccc1-n1nc(-c2cccc3nn(CC(O)c4ccccc4)cc23)c(C(C)C)c1C.O=C(O)C1CCCCC1. The number of aliphatic hydroxyl groups excluding tert-OH is 1. The highest BCUT2D eigenvalue weighted by Crippen LogP contribution is 2.36. The second-order valence-corrected chi connectivity index (χ2v) is 11.7.